The van der Waals surface area contributed by atoms with E-state index in [4.69, 9.17) is 4.42 Å². The molecule has 0 radical (unpaired) electrons. The van der Waals surface area contributed by atoms with Gasteiger partial charge in [0.15, 0.2) is 0 Å². The van der Waals surface area contributed by atoms with Crippen molar-refractivity contribution in [3.05, 3.63) is 39.9 Å². The van der Waals surface area contributed by atoms with E-state index in [0.29, 0.717) is 9.79 Å². The molecule has 5 heteroatoms. The first-order chi connectivity index (χ1) is 8.24. The summed E-state index contributed by atoms with van der Waals surface area (Å²) in [5.41, 5.74) is 2.81. The highest BCUT2D eigenvalue weighted by Gasteiger charge is 2.11. The molecule has 0 saturated heterocycles. The molecule has 0 aliphatic heterocycles. The van der Waals surface area contributed by atoms with Gasteiger partial charge in [0.05, 0.1) is 11.1 Å². The molecule has 0 aliphatic rings. The predicted octanol–water partition coefficient (Wildman–Crippen LogP) is 3.20. The summed E-state index contributed by atoms with van der Waals surface area (Å²) < 4.78 is 6.01. The Labute approximate surface area is 111 Å². The van der Waals surface area contributed by atoms with E-state index in [2.05, 4.69) is 15.2 Å². The molecule has 0 saturated carbocycles. The Hall–Kier alpha value is -1.50. The fourth-order valence-corrected chi connectivity index (χ4v) is 2.12. The Balaban J connectivity index is 2.35. The minimum Gasteiger partial charge on any atom is -0.412 e. The van der Waals surface area contributed by atoms with Gasteiger partial charge >= 0.3 is 0 Å². The Kier molecular flexibility index (Phi) is 2.54. The van der Waals surface area contributed by atoms with Crippen LogP contribution in [0.5, 0.6) is 0 Å². The number of nitrogens with zero attached hydrogens (tertiary/aromatic N) is 3. The highest BCUT2D eigenvalue weighted by Crippen LogP contribution is 2.27. The van der Waals surface area contributed by atoms with E-state index in [0.717, 1.165) is 22.2 Å². The van der Waals surface area contributed by atoms with Gasteiger partial charge in [0.2, 0.25) is 5.89 Å². The lowest BCUT2D eigenvalue weighted by atomic mass is 10.1. The van der Waals surface area contributed by atoms with Gasteiger partial charge in [-0.1, -0.05) is 18.2 Å². The molecule has 2 aromatic heterocycles. The smallest absolute Gasteiger partial charge is 0.278 e. The van der Waals surface area contributed by atoms with Crippen molar-refractivity contribution in [1.82, 2.24) is 15.2 Å². The van der Waals surface area contributed by atoms with E-state index in [-0.39, 0.29) is 0 Å². The molecular weight excluding hydrogens is 329 g/mol. The fourth-order valence-electron chi connectivity index (χ4n) is 1.80. The first-order valence-corrected chi connectivity index (χ1v) is 6.18. The van der Waals surface area contributed by atoms with Crippen LogP contribution in [-0.2, 0) is 0 Å². The van der Waals surface area contributed by atoms with E-state index < -0.39 is 0 Å². The topological polar surface area (TPSA) is 51.8 Å². The fraction of sp³-hybridized carbons (Fsp3) is 0.0833. The maximum atomic E-state index is 5.47. The maximum Gasteiger partial charge on any atom is 0.278 e. The second-order valence-electron chi connectivity index (χ2n) is 3.69. The number of pyridine rings is 1. The van der Waals surface area contributed by atoms with Gasteiger partial charge in [-0.3, -0.25) is 4.98 Å². The van der Waals surface area contributed by atoms with Crippen molar-refractivity contribution in [2.45, 2.75) is 6.92 Å². The third-order valence-electron chi connectivity index (χ3n) is 2.47. The monoisotopic (exact) mass is 337 g/mol. The molecule has 0 spiro atoms. The molecule has 1 aromatic carbocycles. The van der Waals surface area contributed by atoms with Gasteiger partial charge in [-0.15, -0.1) is 10.2 Å². The Morgan fingerprint density at radius 1 is 1.18 bits per heavy atom. The molecule has 0 N–H and O–H groups in total. The first-order valence-electron chi connectivity index (χ1n) is 5.10. The summed E-state index contributed by atoms with van der Waals surface area (Å²) in [6.45, 7) is 1.96. The standard InChI is InChI=1S/C12H8IN3O/c1-7-6-9(11-15-16-12(13)17-11)8-4-2-3-5-10(8)14-7/h2-6H,1H3. The van der Waals surface area contributed by atoms with Crippen LogP contribution in [0, 0.1) is 10.8 Å². The summed E-state index contributed by atoms with van der Waals surface area (Å²) in [7, 11) is 0. The highest BCUT2D eigenvalue weighted by atomic mass is 127. The molecule has 3 rings (SSSR count). The van der Waals surface area contributed by atoms with Gasteiger partial charge in [0.25, 0.3) is 3.90 Å². The molecule has 0 unspecified atom stereocenters. The van der Waals surface area contributed by atoms with Crippen molar-refractivity contribution in [1.29, 1.82) is 0 Å². The number of para-hydroxylation sites is 1. The van der Waals surface area contributed by atoms with Gasteiger partial charge in [-0.25, -0.2) is 0 Å². The van der Waals surface area contributed by atoms with Crippen LogP contribution < -0.4 is 0 Å². The van der Waals surface area contributed by atoms with Gasteiger partial charge in [0.1, 0.15) is 0 Å². The van der Waals surface area contributed by atoms with Crippen molar-refractivity contribution in [2.24, 2.45) is 0 Å². The summed E-state index contributed by atoms with van der Waals surface area (Å²) in [5.74, 6) is 0.538. The Bertz CT molecular complexity index is 693. The Morgan fingerprint density at radius 3 is 2.76 bits per heavy atom. The lowest BCUT2D eigenvalue weighted by Crippen LogP contribution is -1.88. The number of aryl methyl sites for hydroxylation is 1. The van der Waals surface area contributed by atoms with Crippen LogP contribution >= 0.6 is 22.6 Å². The van der Waals surface area contributed by atoms with E-state index in [1.807, 2.05) is 59.8 Å². The molecule has 0 bridgehead atoms. The summed E-state index contributed by atoms with van der Waals surface area (Å²) in [6, 6.07) is 9.90. The maximum absolute atomic E-state index is 5.47. The van der Waals surface area contributed by atoms with Crippen molar-refractivity contribution in [2.75, 3.05) is 0 Å². The van der Waals surface area contributed by atoms with E-state index in [1.54, 1.807) is 0 Å². The van der Waals surface area contributed by atoms with Crippen LogP contribution in [0.1, 0.15) is 5.69 Å². The largest absolute Gasteiger partial charge is 0.412 e. The average molecular weight is 337 g/mol. The summed E-state index contributed by atoms with van der Waals surface area (Å²) in [5, 5.41) is 8.93. The second-order valence-corrected chi connectivity index (χ2v) is 4.61. The highest BCUT2D eigenvalue weighted by molar-refractivity contribution is 14.1. The van der Waals surface area contributed by atoms with Crippen molar-refractivity contribution in [3.63, 3.8) is 0 Å². The van der Waals surface area contributed by atoms with Gasteiger partial charge < -0.3 is 4.42 Å². The molecule has 0 fully saturated rings. The van der Waals surface area contributed by atoms with Crippen LogP contribution in [-0.4, -0.2) is 15.2 Å². The molecule has 84 valence electrons. The summed E-state index contributed by atoms with van der Waals surface area (Å²) in [6.07, 6.45) is 0. The lowest BCUT2D eigenvalue weighted by molar-refractivity contribution is 0.537. The molecule has 17 heavy (non-hydrogen) atoms. The third-order valence-corrected chi connectivity index (χ3v) is 2.91. The number of fused-ring (bicyclic) bond motifs is 1. The zero-order chi connectivity index (χ0) is 11.8. The minimum atomic E-state index is 0.538. The van der Waals surface area contributed by atoms with Crippen molar-refractivity contribution >= 4 is 33.5 Å². The second kappa shape index (κ2) is 4.06. The van der Waals surface area contributed by atoms with Crippen LogP contribution in [0.4, 0.5) is 0 Å². The quantitative estimate of drug-likeness (QED) is 0.640. The van der Waals surface area contributed by atoms with E-state index in [9.17, 15) is 0 Å². The molecular formula is C12H8IN3O. The zero-order valence-corrected chi connectivity index (χ0v) is 11.2. The number of rotatable bonds is 1. The average Bonchev–Trinajstić information content (AvgIpc) is 2.74. The van der Waals surface area contributed by atoms with Crippen molar-refractivity contribution in [3.8, 4) is 11.5 Å². The summed E-state index contributed by atoms with van der Waals surface area (Å²) >= 11 is 2.00. The lowest BCUT2D eigenvalue weighted by Gasteiger charge is -2.03. The summed E-state index contributed by atoms with van der Waals surface area (Å²) in [4.78, 5) is 4.48. The van der Waals surface area contributed by atoms with Crippen LogP contribution in [0.2, 0.25) is 0 Å². The number of aromatic nitrogens is 3. The number of hydrogen-bond donors (Lipinski definition) is 0. The third kappa shape index (κ3) is 1.90. The molecule has 3 aromatic rings. The van der Waals surface area contributed by atoms with E-state index in [1.165, 1.54) is 0 Å². The first kappa shape index (κ1) is 10.6. The SMILES string of the molecule is Cc1cc(-c2nnc(I)o2)c2ccccc2n1. The Morgan fingerprint density at radius 2 is 2.00 bits per heavy atom. The number of hydrogen-bond acceptors (Lipinski definition) is 4. The number of benzene rings is 1. The molecule has 2 heterocycles. The normalized spacial score (nSPS) is 10.9. The van der Waals surface area contributed by atoms with Crippen LogP contribution in [0.3, 0.4) is 0 Å². The predicted molar refractivity (Wildman–Crippen MR) is 72.5 cm³/mol. The van der Waals surface area contributed by atoms with Gasteiger partial charge in [0, 0.05) is 33.7 Å². The molecule has 0 amide bonds. The molecule has 0 aliphatic carbocycles. The van der Waals surface area contributed by atoms with E-state index >= 15 is 0 Å². The van der Waals surface area contributed by atoms with Gasteiger partial charge in [-0.05, 0) is 19.1 Å². The van der Waals surface area contributed by atoms with Crippen molar-refractivity contribution < 1.29 is 4.42 Å². The minimum absolute atomic E-state index is 0.538. The van der Waals surface area contributed by atoms with Gasteiger partial charge in [-0.2, -0.15) is 0 Å². The van der Waals surface area contributed by atoms with Crippen LogP contribution in [0.15, 0.2) is 34.7 Å². The molecule has 4 nitrogen and oxygen atoms in total. The zero-order valence-electron chi connectivity index (χ0n) is 9.01. The number of halogens is 1. The molecule has 0 atom stereocenters. The van der Waals surface area contributed by atoms with Crippen LogP contribution in [0.25, 0.3) is 22.4 Å².